The lowest BCUT2D eigenvalue weighted by atomic mass is 9.60. The molecule has 226 valence electrons. The zero-order chi connectivity index (χ0) is 30.0. The zero-order valence-electron chi connectivity index (χ0n) is 24.8. The smallest absolute Gasteiger partial charge is 0.409 e. The Hall–Kier alpha value is -3.41. The number of rotatable bonds is 9. The van der Waals surface area contributed by atoms with E-state index in [9.17, 15) is 9.90 Å². The Morgan fingerprint density at radius 3 is 2.62 bits per heavy atom. The van der Waals surface area contributed by atoms with E-state index in [4.69, 9.17) is 35.6 Å². The van der Waals surface area contributed by atoms with Crippen molar-refractivity contribution in [2.45, 2.75) is 58.6 Å². The molecule has 2 fully saturated rings. The number of benzene rings is 1. The van der Waals surface area contributed by atoms with E-state index in [-0.39, 0.29) is 24.2 Å². The molecule has 0 radical (unpaired) electrons. The molecule has 5 rings (SSSR count). The monoisotopic (exact) mass is 598 g/mol. The molecule has 1 unspecified atom stereocenters. The van der Waals surface area contributed by atoms with Crippen molar-refractivity contribution in [3.8, 4) is 28.4 Å². The van der Waals surface area contributed by atoms with Gasteiger partial charge in [0.25, 0.3) is 0 Å². The first-order valence-corrected chi connectivity index (χ1v) is 14.7. The molecule has 3 heterocycles. The number of methoxy groups -OCH3 is 1. The fourth-order valence-corrected chi connectivity index (χ4v) is 6.28. The number of aryl methyl sites for hydroxylation is 2. The molecule has 1 aliphatic heterocycles. The highest BCUT2D eigenvalue weighted by Crippen LogP contribution is 2.50. The van der Waals surface area contributed by atoms with Crippen LogP contribution in [0.2, 0.25) is 5.02 Å². The normalized spacial score (nSPS) is 17.2. The maximum Gasteiger partial charge on any atom is 0.409 e. The molecule has 1 spiro atoms. The number of carbonyl (C=O) groups is 1. The van der Waals surface area contributed by atoms with Gasteiger partial charge in [0.15, 0.2) is 5.82 Å². The minimum atomic E-state index is -0.648. The number of hydrogen-bond donors (Lipinski definition) is 3. The average molecular weight is 599 g/mol. The third-order valence-corrected chi connectivity index (χ3v) is 8.76. The maximum atomic E-state index is 11.9. The third kappa shape index (κ3) is 6.18. The quantitative estimate of drug-likeness (QED) is 0.316. The fraction of sp³-hybridized carbons (Fsp3) is 0.533. The Balaban J connectivity index is 1.42. The molecule has 11 nitrogen and oxygen atoms in total. The summed E-state index contributed by atoms with van der Waals surface area (Å²) in [5, 5.41) is 21.3. The van der Waals surface area contributed by atoms with Gasteiger partial charge in [0, 0.05) is 36.8 Å². The largest absolute Gasteiger partial charge is 0.491 e. The number of halogens is 1. The number of likely N-dealkylation sites (tertiary alicyclic amines) is 1. The van der Waals surface area contributed by atoms with Crippen molar-refractivity contribution in [1.29, 1.82) is 0 Å². The van der Waals surface area contributed by atoms with Crippen LogP contribution >= 0.6 is 11.6 Å². The van der Waals surface area contributed by atoms with Crippen molar-refractivity contribution in [3.05, 3.63) is 40.2 Å². The van der Waals surface area contributed by atoms with Crippen LogP contribution in [0.5, 0.6) is 5.75 Å². The SMILES string of the molecule is CNCC(O)COc1ccc(Cl)c(-c2nc(NC3CC4(CCN(C(=O)OC)CC4)C3)c(C)c(-c3c(C)noc3C)n2)c1. The van der Waals surface area contributed by atoms with Gasteiger partial charge >= 0.3 is 6.09 Å². The Bertz CT molecular complexity index is 1410. The van der Waals surface area contributed by atoms with E-state index in [1.54, 1.807) is 30.1 Å². The summed E-state index contributed by atoms with van der Waals surface area (Å²) in [6.07, 6.45) is 3.02. The van der Waals surface area contributed by atoms with Gasteiger partial charge in [-0.25, -0.2) is 14.8 Å². The number of piperidine rings is 1. The number of carbonyl (C=O) groups excluding carboxylic acids is 1. The van der Waals surface area contributed by atoms with Crippen LogP contribution in [0.25, 0.3) is 22.6 Å². The summed E-state index contributed by atoms with van der Waals surface area (Å²) in [6.45, 7) is 7.76. The molecule has 12 heteroatoms. The summed E-state index contributed by atoms with van der Waals surface area (Å²) >= 11 is 6.68. The molecular weight excluding hydrogens is 560 g/mol. The molecule has 2 aliphatic rings. The number of anilines is 1. The summed E-state index contributed by atoms with van der Waals surface area (Å²) in [6, 6.07) is 5.55. The number of aromatic nitrogens is 3. The van der Waals surface area contributed by atoms with Crippen molar-refractivity contribution in [2.24, 2.45) is 5.41 Å². The van der Waals surface area contributed by atoms with Crippen LogP contribution in [-0.2, 0) is 4.74 Å². The van der Waals surface area contributed by atoms with Crippen LogP contribution in [-0.4, -0.2) is 83.8 Å². The van der Waals surface area contributed by atoms with Crippen LogP contribution < -0.4 is 15.4 Å². The van der Waals surface area contributed by atoms with Gasteiger partial charge in [-0.15, -0.1) is 0 Å². The molecule has 1 aromatic carbocycles. The minimum Gasteiger partial charge on any atom is -0.491 e. The lowest BCUT2D eigenvalue weighted by molar-refractivity contribution is 0.0226. The third-order valence-electron chi connectivity index (χ3n) is 8.43. The number of hydrogen-bond acceptors (Lipinski definition) is 10. The topological polar surface area (TPSA) is 135 Å². The van der Waals surface area contributed by atoms with Gasteiger partial charge in [-0.05, 0) is 77.1 Å². The Kier molecular flexibility index (Phi) is 8.91. The summed E-state index contributed by atoms with van der Waals surface area (Å²) in [5.41, 5.74) is 4.04. The van der Waals surface area contributed by atoms with Crippen LogP contribution in [0.4, 0.5) is 10.6 Å². The number of ether oxygens (including phenoxy) is 2. The number of nitrogens with zero attached hydrogens (tertiary/aromatic N) is 4. The van der Waals surface area contributed by atoms with Crippen molar-refractivity contribution in [1.82, 2.24) is 25.3 Å². The van der Waals surface area contributed by atoms with Crippen LogP contribution in [0.15, 0.2) is 22.7 Å². The van der Waals surface area contributed by atoms with E-state index in [2.05, 4.69) is 15.8 Å². The van der Waals surface area contributed by atoms with Crippen LogP contribution in [0, 0.1) is 26.2 Å². The van der Waals surface area contributed by atoms with Gasteiger partial charge in [0.1, 0.15) is 30.0 Å². The highest BCUT2D eigenvalue weighted by molar-refractivity contribution is 6.33. The summed E-state index contributed by atoms with van der Waals surface area (Å²) in [5.74, 6) is 2.41. The molecule has 2 aromatic heterocycles. The summed E-state index contributed by atoms with van der Waals surface area (Å²) < 4.78 is 16.2. The highest BCUT2D eigenvalue weighted by Gasteiger charge is 2.46. The Morgan fingerprint density at radius 1 is 1.24 bits per heavy atom. The van der Waals surface area contributed by atoms with Gasteiger partial charge < -0.3 is 34.6 Å². The van der Waals surface area contributed by atoms with E-state index in [0.717, 1.165) is 67.1 Å². The Morgan fingerprint density at radius 2 is 1.98 bits per heavy atom. The fourth-order valence-electron chi connectivity index (χ4n) is 6.08. The number of aliphatic hydroxyl groups is 1. The second-order valence-corrected chi connectivity index (χ2v) is 11.8. The first kappa shape index (κ1) is 30.1. The van der Waals surface area contributed by atoms with Crippen molar-refractivity contribution < 1.29 is 23.9 Å². The predicted octanol–water partition coefficient (Wildman–Crippen LogP) is 4.76. The van der Waals surface area contributed by atoms with Crippen molar-refractivity contribution in [2.75, 3.05) is 45.7 Å². The number of aliphatic hydroxyl groups excluding tert-OH is 1. The van der Waals surface area contributed by atoms with Gasteiger partial charge in [0.05, 0.1) is 29.1 Å². The van der Waals surface area contributed by atoms with E-state index >= 15 is 0 Å². The number of likely N-dealkylation sites (N-methyl/N-ethyl adjacent to an activating group) is 1. The van der Waals surface area contributed by atoms with E-state index in [0.29, 0.717) is 34.5 Å². The second-order valence-electron chi connectivity index (χ2n) is 11.4. The lowest BCUT2D eigenvalue weighted by Crippen LogP contribution is -2.52. The van der Waals surface area contributed by atoms with Gasteiger partial charge in [-0.1, -0.05) is 16.8 Å². The molecule has 3 N–H and O–H groups in total. The van der Waals surface area contributed by atoms with Gasteiger partial charge in [0.2, 0.25) is 0 Å². The van der Waals surface area contributed by atoms with Crippen LogP contribution in [0.1, 0.15) is 42.7 Å². The molecule has 0 bridgehead atoms. The summed E-state index contributed by atoms with van der Waals surface area (Å²) in [4.78, 5) is 23.6. The molecule has 1 saturated heterocycles. The number of nitrogens with one attached hydrogen (secondary N) is 2. The first-order chi connectivity index (χ1) is 20.1. The predicted molar refractivity (Wildman–Crippen MR) is 160 cm³/mol. The molecule has 1 amide bonds. The molecule has 1 saturated carbocycles. The standard InChI is InChI=1S/C30H39ClN6O5/c1-17-26(25-18(2)36-42-19(25)3)34-28(23-12-22(6-7-24(23)31)41-16-21(38)15-32-4)35-27(17)33-20-13-30(14-20)8-10-37(11-9-30)29(39)40-5/h6-7,12,20-21,32,38H,8-11,13-16H2,1-5H3,(H,33,34,35). The minimum absolute atomic E-state index is 0.134. The molecular formula is C30H39ClN6O5. The van der Waals surface area contributed by atoms with E-state index < -0.39 is 6.10 Å². The van der Waals surface area contributed by atoms with Crippen LogP contribution in [0.3, 0.4) is 0 Å². The van der Waals surface area contributed by atoms with E-state index in [1.165, 1.54) is 7.11 Å². The molecule has 3 aromatic rings. The summed E-state index contributed by atoms with van der Waals surface area (Å²) in [7, 11) is 3.20. The zero-order valence-corrected chi connectivity index (χ0v) is 25.5. The average Bonchev–Trinajstić information content (AvgIpc) is 3.30. The highest BCUT2D eigenvalue weighted by atomic mass is 35.5. The van der Waals surface area contributed by atoms with Gasteiger partial charge in [-0.3, -0.25) is 0 Å². The van der Waals surface area contributed by atoms with Gasteiger partial charge in [-0.2, -0.15) is 0 Å². The number of amides is 1. The maximum absolute atomic E-state index is 11.9. The Labute approximate surface area is 250 Å². The first-order valence-electron chi connectivity index (χ1n) is 14.3. The van der Waals surface area contributed by atoms with E-state index in [1.807, 2.05) is 20.8 Å². The second kappa shape index (κ2) is 12.4. The van der Waals surface area contributed by atoms with Crippen molar-refractivity contribution in [3.63, 3.8) is 0 Å². The molecule has 1 atom stereocenters. The molecule has 42 heavy (non-hydrogen) atoms. The van der Waals surface area contributed by atoms with Crippen molar-refractivity contribution >= 4 is 23.5 Å². The molecule has 1 aliphatic carbocycles. The lowest BCUT2D eigenvalue weighted by Gasteiger charge is -2.52.